The summed E-state index contributed by atoms with van der Waals surface area (Å²) in [4.78, 5) is 12.2. The number of hydrogen-bond donors (Lipinski definition) is 2. The number of nitrogens with one attached hydrogen (secondary N) is 1. The van der Waals surface area contributed by atoms with Crippen LogP contribution >= 0.6 is 45.8 Å². The van der Waals surface area contributed by atoms with Crippen LogP contribution in [-0.2, 0) is 0 Å². The van der Waals surface area contributed by atoms with E-state index in [0.29, 0.717) is 5.69 Å². The number of benzene rings is 2. The molecule has 0 saturated carbocycles. The molecule has 3 nitrogen and oxygen atoms in total. The second kappa shape index (κ2) is 6.15. The number of anilines is 1. The predicted octanol–water partition coefficient (Wildman–Crippen LogP) is 4.70. The van der Waals surface area contributed by atoms with Crippen LogP contribution in [-0.4, -0.2) is 11.0 Å². The van der Waals surface area contributed by atoms with Crippen molar-refractivity contribution in [1.82, 2.24) is 0 Å². The van der Waals surface area contributed by atoms with Crippen molar-refractivity contribution in [2.24, 2.45) is 0 Å². The number of halogens is 4. The monoisotopic (exact) mass is 425 g/mol. The van der Waals surface area contributed by atoms with Crippen LogP contribution in [0.4, 0.5) is 10.1 Å². The average Bonchev–Trinajstić information content (AvgIpc) is 2.39. The van der Waals surface area contributed by atoms with Crippen molar-refractivity contribution in [2.75, 3.05) is 5.32 Å². The standard InChI is InChI=1S/C13H7Cl2FINO2/c14-8-5-9(15)12(19)11(17)10(8)13(20)18-7-3-1-6(16)2-4-7/h1-5,19H,(H,18,20). The Bertz CT molecular complexity index is 677. The second-order valence-electron chi connectivity index (χ2n) is 3.84. The quantitative estimate of drug-likeness (QED) is 0.685. The molecule has 0 spiro atoms. The average molecular weight is 426 g/mol. The number of phenols is 1. The first-order chi connectivity index (χ1) is 9.40. The summed E-state index contributed by atoms with van der Waals surface area (Å²) in [6.45, 7) is 0. The van der Waals surface area contributed by atoms with Gasteiger partial charge < -0.3 is 10.4 Å². The first-order valence-corrected chi connectivity index (χ1v) is 7.17. The number of amides is 1. The molecule has 7 heteroatoms. The van der Waals surface area contributed by atoms with Gasteiger partial charge in [-0.1, -0.05) is 23.2 Å². The zero-order valence-electron chi connectivity index (χ0n) is 9.75. The van der Waals surface area contributed by atoms with Gasteiger partial charge in [-0.2, -0.15) is 0 Å². The van der Waals surface area contributed by atoms with Crippen molar-refractivity contribution >= 4 is 57.4 Å². The fourth-order valence-corrected chi connectivity index (χ4v) is 3.21. The van der Waals surface area contributed by atoms with Gasteiger partial charge in [0.1, 0.15) is 11.6 Å². The highest BCUT2D eigenvalue weighted by Crippen LogP contribution is 2.36. The Balaban J connectivity index is 2.34. The highest BCUT2D eigenvalue weighted by atomic mass is 127. The molecule has 1 amide bonds. The normalized spacial score (nSPS) is 10.4. The molecule has 2 aromatic rings. The van der Waals surface area contributed by atoms with Crippen molar-refractivity contribution in [3.05, 3.63) is 55.3 Å². The molecule has 2 N–H and O–H groups in total. The molecule has 0 bridgehead atoms. The van der Waals surface area contributed by atoms with Crippen LogP contribution in [0, 0.1) is 9.39 Å². The zero-order valence-corrected chi connectivity index (χ0v) is 13.4. The third kappa shape index (κ3) is 3.16. The van der Waals surface area contributed by atoms with E-state index in [1.165, 1.54) is 30.3 Å². The molecule has 2 rings (SSSR count). The molecular weight excluding hydrogens is 419 g/mol. The molecule has 0 aliphatic carbocycles. The van der Waals surface area contributed by atoms with E-state index in [4.69, 9.17) is 23.2 Å². The smallest absolute Gasteiger partial charge is 0.258 e. The van der Waals surface area contributed by atoms with Crippen LogP contribution in [0.25, 0.3) is 0 Å². The largest absolute Gasteiger partial charge is 0.505 e. The van der Waals surface area contributed by atoms with Crippen LogP contribution in [0.5, 0.6) is 5.75 Å². The summed E-state index contributed by atoms with van der Waals surface area (Å²) in [5.74, 6) is -1.13. The van der Waals surface area contributed by atoms with Gasteiger partial charge >= 0.3 is 0 Å². The third-order valence-electron chi connectivity index (χ3n) is 2.48. The Hall–Kier alpha value is -1.05. The van der Waals surface area contributed by atoms with Gasteiger partial charge in [0.15, 0.2) is 0 Å². The van der Waals surface area contributed by atoms with Gasteiger partial charge in [0.25, 0.3) is 5.91 Å². The Morgan fingerprint density at radius 2 is 1.80 bits per heavy atom. The maximum Gasteiger partial charge on any atom is 0.258 e. The topological polar surface area (TPSA) is 49.3 Å². The van der Waals surface area contributed by atoms with E-state index in [1.807, 2.05) is 0 Å². The molecule has 0 heterocycles. The maximum atomic E-state index is 12.8. The molecule has 0 fully saturated rings. The summed E-state index contributed by atoms with van der Waals surface area (Å²) < 4.78 is 13.0. The molecule has 0 unspecified atom stereocenters. The van der Waals surface area contributed by atoms with Crippen LogP contribution in [0.2, 0.25) is 10.0 Å². The molecule has 0 saturated heterocycles. The number of carbonyl (C=O) groups is 1. The Kier molecular flexibility index (Phi) is 4.72. The molecular formula is C13H7Cl2FINO2. The molecule has 2 aromatic carbocycles. The maximum absolute atomic E-state index is 12.8. The lowest BCUT2D eigenvalue weighted by Gasteiger charge is -2.11. The van der Waals surface area contributed by atoms with Gasteiger partial charge in [-0.3, -0.25) is 4.79 Å². The summed E-state index contributed by atoms with van der Waals surface area (Å²) in [7, 11) is 0. The first-order valence-electron chi connectivity index (χ1n) is 5.33. The number of carbonyl (C=O) groups excluding carboxylic acids is 1. The molecule has 104 valence electrons. The van der Waals surface area contributed by atoms with Crippen LogP contribution in [0.15, 0.2) is 30.3 Å². The molecule has 0 aliphatic rings. The van der Waals surface area contributed by atoms with E-state index >= 15 is 0 Å². The Labute approximate surface area is 137 Å². The van der Waals surface area contributed by atoms with Gasteiger partial charge in [-0.15, -0.1) is 0 Å². The minimum Gasteiger partial charge on any atom is -0.505 e. The van der Waals surface area contributed by atoms with Gasteiger partial charge in [0, 0.05) is 5.69 Å². The summed E-state index contributed by atoms with van der Waals surface area (Å²) in [5.41, 5.74) is 0.524. The summed E-state index contributed by atoms with van der Waals surface area (Å²) >= 11 is 13.5. The second-order valence-corrected chi connectivity index (χ2v) is 5.73. The highest BCUT2D eigenvalue weighted by molar-refractivity contribution is 14.1. The van der Waals surface area contributed by atoms with E-state index in [1.54, 1.807) is 22.6 Å². The van der Waals surface area contributed by atoms with Crippen molar-refractivity contribution < 1.29 is 14.3 Å². The minimum absolute atomic E-state index is 0.0673. The zero-order chi connectivity index (χ0) is 14.9. The lowest BCUT2D eigenvalue weighted by atomic mass is 10.2. The fraction of sp³-hybridized carbons (Fsp3) is 0. The lowest BCUT2D eigenvalue weighted by Crippen LogP contribution is -2.14. The van der Waals surface area contributed by atoms with E-state index in [9.17, 15) is 14.3 Å². The number of hydrogen-bond acceptors (Lipinski definition) is 2. The van der Waals surface area contributed by atoms with E-state index in [2.05, 4.69) is 5.32 Å². The van der Waals surface area contributed by atoms with Gasteiger partial charge in [0.05, 0.1) is 19.2 Å². The van der Waals surface area contributed by atoms with Crippen molar-refractivity contribution in [1.29, 1.82) is 0 Å². The SMILES string of the molecule is O=C(Nc1ccc(F)cc1)c1c(Cl)cc(Cl)c(O)c1I. The molecule has 0 atom stereocenters. The number of phenolic OH excluding ortho intramolecular Hbond substituents is 1. The van der Waals surface area contributed by atoms with Crippen LogP contribution < -0.4 is 5.32 Å². The lowest BCUT2D eigenvalue weighted by molar-refractivity contribution is 0.102. The highest BCUT2D eigenvalue weighted by Gasteiger charge is 2.20. The van der Waals surface area contributed by atoms with E-state index in [-0.39, 0.29) is 24.9 Å². The molecule has 0 radical (unpaired) electrons. The summed E-state index contributed by atoms with van der Waals surface area (Å²) in [6.07, 6.45) is 0. The van der Waals surface area contributed by atoms with Crippen molar-refractivity contribution in [3.8, 4) is 5.75 Å². The number of rotatable bonds is 2. The van der Waals surface area contributed by atoms with Gasteiger partial charge in [0.2, 0.25) is 0 Å². The number of aromatic hydroxyl groups is 1. The predicted molar refractivity (Wildman–Crippen MR) is 85.2 cm³/mol. The van der Waals surface area contributed by atoms with Crippen molar-refractivity contribution in [2.45, 2.75) is 0 Å². The summed E-state index contributed by atoms with van der Waals surface area (Å²) in [6, 6.07) is 6.58. The van der Waals surface area contributed by atoms with Crippen molar-refractivity contribution in [3.63, 3.8) is 0 Å². The minimum atomic E-state index is -0.516. The molecule has 0 aromatic heterocycles. The van der Waals surface area contributed by atoms with Gasteiger partial charge in [-0.05, 0) is 52.9 Å². The van der Waals surface area contributed by atoms with Crippen LogP contribution in [0.1, 0.15) is 10.4 Å². The van der Waals surface area contributed by atoms with Crippen LogP contribution in [0.3, 0.4) is 0 Å². The molecule has 20 heavy (non-hydrogen) atoms. The molecule has 0 aliphatic heterocycles. The fourth-order valence-electron chi connectivity index (χ4n) is 1.51. The first kappa shape index (κ1) is 15.3. The Morgan fingerprint density at radius 1 is 1.20 bits per heavy atom. The van der Waals surface area contributed by atoms with Gasteiger partial charge in [-0.25, -0.2) is 4.39 Å². The Morgan fingerprint density at radius 3 is 2.40 bits per heavy atom. The third-order valence-corrected chi connectivity index (χ3v) is 4.11. The van der Waals surface area contributed by atoms with E-state index < -0.39 is 11.7 Å². The summed E-state index contributed by atoms with van der Waals surface area (Å²) in [5, 5.41) is 12.5. The van der Waals surface area contributed by atoms with E-state index in [0.717, 1.165) is 0 Å².